The molecule has 1 aliphatic carbocycles. The van der Waals surface area contributed by atoms with Gasteiger partial charge in [-0.1, -0.05) is 37.8 Å². The highest BCUT2D eigenvalue weighted by molar-refractivity contribution is 6.03. The summed E-state index contributed by atoms with van der Waals surface area (Å²) in [6.45, 7) is 5.94. The van der Waals surface area contributed by atoms with Crippen molar-refractivity contribution in [1.29, 1.82) is 0 Å². The fourth-order valence-electron chi connectivity index (χ4n) is 3.43. The average Bonchev–Trinajstić information content (AvgIpc) is 2.87. The maximum Gasteiger partial charge on any atom is 0.274 e. The van der Waals surface area contributed by atoms with Gasteiger partial charge in [-0.25, -0.2) is 9.97 Å². The second-order valence-electron chi connectivity index (χ2n) is 7.25. The maximum atomic E-state index is 12.7. The summed E-state index contributed by atoms with van der Waals surface area (Å²) < 4.78 is 0. The van der Waals surface area contributed by atoms with E-state index in [0.29, 0.717) is 17.7 Å². The fraction of sp³-hybridized carbons (Fsp3) is 0.476. The zero-order valence-corrected chi connectivity index (χ0v) is 15.9. The normalized spacial score (nSPS) is 15.3. The number of carbonyl (C=O) groups is 1. The van der Waals surface area contributed by atoms with Gasteiger partial charge in [-0.05, 0) is 56.9 Å². The summed E-state index contributed by atoms with van der Waals surface area (Å²) >= 11 is 0. The van der Waals surface area contributed by atoms with Crippen LogP contribution in [0.3, 0.4) is 0 Å². The minimum Gasteiger partial charge on any atom is -0.351 e. The molecule has 2 aromatic rings. The van der Waals surface area contributed by atoms with E-state index in [4.69, 9.17) is 0 Å². The summed E-state index contributed by atoms with van der Waals surface area (Å²) in [5, 5.41) is 6.42. The third-order valence-corrected chi connectivity index (χ3v) is 5.13. The molecule has 1 amide bonds. The van der Waals surface area contributed by atoms with Gasteiger partial charge in [-0.3, -0.25) is 4.79 Å². The zero-order valence-electron chi connectivity index (χ0n) is 15.9. The second-order valence-corrected chi connectivity index (χ2v) is 7.25. The van der Waals surface area contributed by atoms with Gasteiger partial charge in [0.25, 0.3) is 5.91 Å². The number of aryl methyl sites for hydroxylation is 2. The molecule has 1 aromatic heterocycles. The van der Waals surface area contributed by atoms with Crippen molar-refractivity contribution in [3.8, 4) is 0 Å². The second kappa shape index (κ2) is 8.30. The number of hydrogen-bond acceptors (Lipinski definition) is 4. The summed E-state index contributed by atoms with van der Waals surface area (Å²) in [5.41, 5.74) is 4.24. The van der Waals surface area contributed by atoms with Crippen molar-refractivity contribution >= 4 is 17.5 Å². The molecule has 5 heteroatoms. The number of nitrogens with one attached hydrogen (secondary N) is 2. The zero-order chi connectivity index (χ0) is 18.5. The van der Waals surface area contributed by atoms with Gasteiger partial charge < -0.3 is 10.6 Å². The first-order valence-corrected chi connectivity index (χ1v) is 9.53. The number of hydrogen-bond donors (Lipinski definition) is 2. The van der Waals surface area contributed by atoms with Crippen LogP contribution in [0.1, 0.15) is 65.8 Å². The lowest BCUT2D eigenvalue weighted by Gasteiger charge is -2.17. The summed E-state index contributed by atoms with van der Waals surface area (Å²) in [6.07, 6.45) is 7.36. The Morgan fingerprint density at radius 3 is 2.50 bits per heavy atom. The highest BCUT2D eigenvalue weighted by Crippen LogP contribution is 2.21. The van der Waals surface area contributed by atoms with E-state index in [1.165, 1.54) is 25.7 Å². The van der Waals surface area contributed by atoms with E-state index in [1.807, 2.05) is 39.0 Å². The third kappa shape index (κ3) is 4.59. The smallest absolute Gasteiger partial charge is 0.274 e. The van der Waals surface area contributed by atoms with Crippen LogP contribution < -0.4 is 10.6 Å². The van der Waals surface area contributed by atoms with E-state index in [0.717, 1.165) is 35.3 Å². The Kier molecular flexibility index (Phi) is 5.86. The van der Waals surface area contributed by atoms with Crippen LogP contribution in [0.5, 0.6) is 0 Å². The fourth-order valence-corrected chi connectivity index (χ4v) is 3.43. The van der Waals surface area contributed by atoms with Crippen LogP contribution in [0.25, 0.3) is 0 Å². The largest absolute Gasteiger partial charge is 0.351 e. The van der Waals surface area contributed by atoms with Crippen molar-refractivity contribution in [2.75, 3.05) is 10.6 Å². The lowest BCUT2D eigenvalue weighted by molar-refractivity contribution is 0.102. The van der Waals surface area contributed by atoms with Crippen molar-refractivity contribution < 1.29 is 4.79 Å². The van der Waals surface area contributed by atoms with Gasteiger partial charge in [-0.2, -0.15) is 0 Å². The highest BCUT2D eigenvalue weighted by atomic mass is 16.1. The Labute approximate surface area is 155 Å². The van der Waals surface area contributed by atoms with Crippen molar-refractivity contribution in [2.24, 2.45) is 0 Å². The van der Waals surface area contributed by atoms with Gasteiger partial charge in [0.1, 0.15) is 5.69 Å². The van der Waals surface area contributed by atoms with Crippen molar-refractivity contribution in [3.63, 3.8) is 0 Å². The minimum atomic E-state index is -0.201. The van der Waals surface area contributed by atoms with Crippen LogP contribution in [0.2, 0.25) is 0 Å². The van der Waals surface area contributed by atoms with Gasteiger partial charge in [0.05, 0.1) is 0 Å². The van der Waals surface area contributed by atoms with Crippen LogP contribution in [-0.2, 0) is 0 Å². The van der Waals surface area contributed by atoms with Crippen LogP contribution in [-0.4, -0.2) is 21.9 Å². The van der Waals surface area contributed by atoms with Gasteiger partial charge in [0.15, 0.2) is 0 Å². The molecule has 0 unspecified atom stereocenters. The summed E-state index contributed by atoms with van der Waals surface area (Å²) in [4.78, 5) is 21.6. The molecule has 1 fully saturated rings. The molecular formula is C21H28N4O. The van der Waals surface area contributed by atoms with E-state index in [-0.39, 0.29) is 5.91 Å². The molecule has 1 saturated carbocycles. The standard InChI is InChI=1S/C21H28N4O/c1-14-9-8-12-18(16(14)3)24-20(26)19-13-15(2)22-21(25-19)23-17-10-6-4-5-7-11-17/h8-9,12-13,17H,4-7,10-11H2,1-3H3,(H,24,26)(H,22,23,25). The molecule has 1 aliphatic rings. The van der Waals surface area contributed by atoms with Crippen LogP contribution >= 0.6 is 0 Å². The van der Waals surface area contributed by atoms with Gasteiger partial charge in [0.2, 0.25) is 5.95 Å². The summed E-state index contributed by atoms with van der Waals surface area (Å²) in [7, 11) is 0. The van der Waals surface area contributed by atoms with Crippen molar-refractivity contribution in [1.82, 2.24) is 9.97 Å². The molecule has 0 bridgehead atoms. The summed E-state index contributed by atoms with van der Waals surface area (Å²) in [5.74, 6) is 0.358. The Hall–Kier alpha value is -2.43. The van der Waals surface area contributed by atoms with Crippen LogP contribution in [0, 0.1) is 20.8 Å². The Morgan fingerprint density at radius 1 is 1.04 bits per heavy atom. The highest BCUT2D eigenvalue weighted by Gasteiger charge is 2.16. The molecule has 2 N–H and O–H groups in total. The predicted octanol–water partition coefficient (Wildman–Crippen LogP) is 4.79. The molecule has 26 heavy (non-hydrogen) atoms. The quantitative estimate of drug-likeness (QED) is 0.777. The molecule has 0 spiro atoms. The molecule has 138 valence electrons. The molecular weight excluding hydrogens is 324 g/mol. The maximum absolute atomic E-state index is 12.7. The monoisotopic (exact) mass is 352 g/mol. The van der Waals surface area contributed by atoms with Gasteiger partial charge in [0, 0.05) is 17.4 Å². The van der Waals surface area contributed by atoms with E-state index in [9.17, 15) is 4.79 Å². The van der Waals surface area contributed by atoms with E-state index < -0.39 is 0 Å². The van der Waals surface area contributed by atoms with Gasteiger partial charge in [-0.15, -0.1) is 0 Å². The minimum absolute atomic E-state index is 0.201. The number of rotatable bonds is 4. The SMILES string of the molecule is Cc1cc(C(=O)Nc2cccc(C)c2C)nc(NC2CCCCCC2)n1. The summed E-state index contributed by atoms with van der Waals surface area (Å²) in [6, 6.07) is 8.03. The van der Waals surface area contributed by atoms with E-state index >= 15 is 0 Å². The Balaban J connectivity index is 1.75. The number of anilines is 2. The van der Waals surface area contributed by atoms with Crippen LogP contribution in [0.15, 0.2) is 24.3 Å². The van der Waals surface area contributed by atoms with Crippen molar-refractivity contribution in [2.45, 2.75) is 65.3 Å². The first-order chi connectivity index (χ1) is 12.5. The molecule has 0 atom stereocenters. The van der Waals surface area contributed by atoms with E-state index in [2.05, 4.69) is 20.6 Å². The molecule has 0 radical (unpaired) electrons. The number of nitrogens with zero attached hydrogens (tertiary/aromatic N) is 2. The lowest BCUT2D eigenvalue weighted by Crippen LogP contribution is -2.22. The average molecular weight is 352 g/mol. The topological polar surface area (TPSA) is 66.9 Å². The first-order valence-electron chi connectivity index (χ1n) is 9.53. The molecule has 5 nitrogen and oxygen atoms in total. The molecule has 0 aliphatic heterocycles. The lowest BCUT2D eigenvalue weighted by atomic mass is 10.1. The number of amides is 1. The molecule has 1 aromatic carbocycles. The predicted molar refractivity (Wildman–Crippen MR) is 106 cm³/mol. The van der Waals surface area contributed by atoms with Crippen LogP contribution in [0.4, 0.5) is 11.6 Å². The molecule has 3 rings (SSSR count). The number of carbonyl (C=O) groups excluding carboxylic acids is 1. The Bertz CT molecular complexity index is 780. The van der Waals surface area contributed by atoms with Crippen molar-refractivity contribution in [3.05, 3.63) is 46.8 Å². The Morgan fingerprint density at radius 2 is 1.77 bits per heavy atom. The third-order valence-electron chi connectivity index (χ3n) is 5.13. The number of benzene rings is 1. The van der Waals surface area contributed by atoms with E-state index in [1.54, 1.807) is 6.07 Å². The first kappa shape index (κ1) is 18.4. The molecule has 1 heterocycles. The van der Waals surface area contributed by atoms with Gasteiger partial charge >= 0.3 is 0 Å². The number of aromatic nitrogens is 2. The molecule has 0 saturated heterocycles.